The van der Waals surface area contributed by atoms with Crippen molar-refractivity contribution in [3.63, 3.8) is 0 Å². The minimum Gasteiger partial charge on any atom is -0.369 e. The molecule has 0 radical (unpaired) electrons. The van der Waals surface area contributed by atoms with Gasteiger partial charge >= 0.3 is 0 Å². The third kappa shape index (κ3) is 3.84. The highest BCUT2D eigenvalue weighted by molar-refractivity contribution is 7.98. The smallest absolute Gasteiger partial charge is 0.220 e. The van der Waals surface area contributed by atoms with Crippen molar-refractivity contribution in [2.75, 3.05) is 25.9 Å². The molecule has 20 heavy (non-hydrogen) atoms. The number of carbonyl (C=O) groups excluding carboxylic acids is 2. The number of rotatable bonds is 5. The fraction of sp³-hybridized carbons (Fsp3) is 0.467. The molecule has 2 rings (SSSR count). The summed E-state index contributed by atoms with van der Waals surface area (Å²) in [4.78, 5) is 26.5. The minimum atomic E-state index is -0.219. The Labute approximate surface area is 123 Å². The van der Waals surface area contributed by atoms with Gasteiger partial charge in [0.2, 0.25) is 5.91 Å². The number of hydrogen-bond donors (Lipinski definition) is 1. The molecule has 0 aliphatic carbocycles. The number of nitrogens with zero attached hydrogens (tertiary/aromatic N) is 1. The number of amides is 1. The zero-order valence-electron chi connectivity index (χ0n) is 11.7. The van der Waals surface area contributed by atoms with Gasteiger partial charge in [-0.1, -0.05) is 12.1 Å². The van der Waals surface area contributed by atoms with Crippen LogP contribution in [0.15, 0.2) is 29.2 Å². The predicted octanol–water partition coefficient (Wildman–Crippen LogP) is 1.79. The summed E-state index contributed by atoms with van der Waals surface area (Å²) in [5, 5.41) is 0. The minimum absolute atomic E-state index is 0.0257. The van der Waals surface area contributed by atoms with Crippen LogP contribution in [-0.2, 0) is 4.79 Å². The van der Waals surface area contributed by atoms with Gasteiger partial charge in [0.25, 0.3) is 0 Å². The Balaban J connectivity index is 1.87. The Hall–Kier alpha value is -1.33. The van der Waals surface area contributed by atoms with Crippen LogP contribution in [0.5, 0.6) is 0 Å². The molecule has 0 saturated carbocycles. The van der Waals surface area contributed by atoms with Crippen LogP contribution < -0.4 is 5.73 Å². The van der Waals surface area contributed by atoms with Crippen molar-refractivity contribution in [2.24, 2.45) is 11.7 Å². The lowest BCUT2D eigenvalue weighted by atomic mass is 9.96. The number of thioether (sulfide) groups is 1. The molecule has 5 heteroatoms. The number of primary amides is 1. The van der Waals surface area contributed by atoms with Gasteiger partial charge in [-0.05, 0) is 44.3 Å². The van der Waals surface area contributed by atoms with E-state index in [0.29, 0.717) is 6.54 Å². The van der Waals surface area contributed by atoms with Crippen LogP contribution in [0.1, 0.15) is 23.2 Å². The topological polar surface area (TPSA) is 63.4 Å². The molecule has 0 atom stereocenters. The van der Waals surface area contributed by atoms with Crippen molar-refractivity contribution in [1.29, 1.82) is 0 Å². The van der Waals surface area contributed by atoms with Crippen molar-refractivity contribution in [1.82, 2.24) is 4.90 Å². The van der Waals surface area contributed by atoms with E-state index in [0.717, 1.165) is 36.4 Å². The van der Waals surface area contributed by atoms with Crippen LogP contribution in [0, 0.1) is 5.92 Å². The summed E-state index contributed by atoms with van der Waals surface area (Å²) in [7, 11) is 0. The third-order valence-electron chi connectivity index (χ3n) is 3.77. The van der Waals surface area contributed by atoms with Crippen LogP contribution in [0.2, 0.25) is 0 Å². The Morgan fingerprint density at radius 3 is 2.35 bits per heavy atom. The maximum Gasteiger partial charge on any atom is 0.220 e. The Bertz CT molecular complexity index is 479. The van der Waals surface area contributed by atoms with Gasteiger partial charge < -0.3 is 5.73 Å². The van der Waals surface area contributed by atoms with Crippen molar-refractivity contribution < 1.29 is 9.59 Å². The van der Waals surface area contributed by atoms with Crippen molar-refractivity contribution in [2.45, 2.75) is 17.7 Å². The van der Waals surface area contributed by atoms with E-state index in [1.807, 2.05) is 30.5 Å². The number of carbonyl (C=O) groups is 2. The second-order valence-corrected chi connectivity index (χ2v) is 5.98. The highest BCUT2D eigenvalue weighted by atomic mass is 32.2. The number of ketones is 1. The third-order valence-corrected chi connectivity index (χ3v) is 4.51. The molecule has 1 aromatic rings. The van der Waals surface area contributed by atoms with Gasteiger partial charge in [-0.2, -0.15) is 0 Å². The first-order valence-electron chi connectivity index (χ1n) is 6.79. The fourth-order valence-electron chi connectivity index (χ4n) is 2.45. The number of hydrogen-bond acceptors (Lipinski definition) is 4. The SMILES string of the molecule is CSc1ccc(C(=O)CN2CCC(C(N)=O)CC2)cc1. The van der Waals surface area contributed by atoms with Crippen molar-refractivity contribution >= 4 is 23.5 Å². The van der Waals surface area contributed by atoms with E-state index in [4.69, 9.17) is 5.73 Å². The summed E-state index contributed by atoms with van der Waals surface area (Å²) >= 11 is 1.66. The molecule has 1 saturated heterocycles. The molecular weight excluding hydrogens is 272 g/mol. The second-order valence-electron chi connectivity index (χ2n) is 5.10. The largest absolute Gasteiger partial charge is 0.369 e. The molecule has 4 nitrogen and oxygen atoms in total. The lowest BCUT2D eigenvalue weighted by Crippen LogP contribution is -2.40. The fourth-order valence-corrected chi connectivity index (χ4v) is 2.86. The predicted molar refractivity (Wildman–Crippen MR) is 80.9 cm³/mol. The molecule has 1 fully saturated rings. The van der Waals surface area contributed by atoms with Gasteiger partial charge in [0.15, 0.2) is 5.78 Å². The Morgan fingerprint density at radius 2 is 1.85 bits per heavy atom. The van der Waals surface area contributed by atoms with Crippen LogP contribution in [-0.4, -0.2) is 42.5 Å². The number of Topliss-reactive ketones (excluding diaryl/α,β-unsaturated/α-hetero) is 1. The zero-order chi connectivity index (χ0) is 14.5. The molecule has 108 valence electrons. The van der Waals surface area contributed by atoms with E-state index in [1.165, 1.54) is 0 Å². The van der Waals surface area contributed by atoms with Crippen LogP contribution in [0.4, 0.5) is 0 Å². The van der Waals surface area contributed by atoms with Crippen LogP contribution >= 0.6 is 11.8 Å². The van der Waals surface area contributed by atoms with E-state index < -0.39 is 0 Å². The normalized spacial score (nSPS) is 17.1. The second kappa shape index (κ2) is 6.90. The monoisotopic (exact) mass is 292 g/mol. The molecule has 1 aromatic carbocycles. The summed E-state index contributed by atoms with van der Waals surface area (Å²) in [6, 6.07) is 7.70. The molecule has 0 spiro atoms. The summed E-state index contributed by atoms with van der Waals surface area (Å²) < 4.78 is 0. The zero-order valence-corrected chi connectivity index (χ0v) is 12.5. The molecular formula is C15H20N2O2S. The first-order chi connectivity index (χ1) is 9.60. The first-order valence-corrected chi connectivity index (χ1v) is 8.01. The van der Waals surface area contributed by atoms with Gasteiger partial charge in [-0.3, -0.25) is 14.5 Å². The van der Waals surface area contributed by atoms with Gasteiger partial charge in [0.05, 0.1) is 6.54 Å². The average molecular weight is 292 g/mol. The number of likely N-dealkylation sites (tertiary alicyclic amines) is 1. The number of piperidine rings is 1. The lowest BCUT2D eigenvalue weighted by molar-refractivity contribution is -0.123. The van der Waals surface area contributed by atoms with E-state index in [9.17, 15) is 9.59 Å². The standard InChI is InChI=1S/C15H20N2O2S/c1-20-13-4-2-11(3-5-13)14(18)10-17-8-6-12(7-9-17)15(16)19/h2-5,12H,6-10H2,1H3,(H2,16,19). The van der Waals surface area contributed by atoms with Gasteiger partial charge in [-0.25, -0.2) is 0 Å². The molecule has 1 heterocycles. The van der Waals surface area contributed by atoms with Gasteiger partial charge in [-0.15, -0.1) is 11.8 Å². The first kappa shape index (κ1) is 15.1. The summed E-state index contributed by atoms with van der Waals surface area (Å²) in [6.45, 7) is 1.95. The molecule has 0 bridgehead atoms. The number of nitrogens with two attached hydrogens (primary N) is 1. The van der Waals surface area contributed by atoms with Crippen molar-refractivity contribution in [3.05, 3.63) is 29.8 Å². The van der Waals surface area contributed by atoms with E-state index in [1.54, 1.807) is 11.8 Å². The van der Waals surface area contributed by atoms with Crippen LogP contribution in [0.25, 0.3) is 0 Å². The maximum absolute atomic E-state index is 12.2. The summed E-state index contributed by atoms with van der Waals surface area (Å²) in [6.07, 6.45) is 3.53. The molecule has 0 unspecified atom stereocenters. The van der Waals surface area contributed by atoms with E-state index in [2.05, 4.69) is 4.90 Å². The highest BCUT2D eigenvalue weighted by Gasteiger charge is 2.24. The average Bonchev–Trinajstić information content (AvgIpc) is 2.48. The highest BCUT2D eigenvalue weighted by Crippen LogP contribution is 2.18. The molecule has 0 aromatic heterocycles. The van der Waals surface area contributed by atoms with Gasteiger partial charge in [0.1, 0.15) is 0 Å². The lowest BCUT2D eigenvalue weighted by Gasteiger charge is -2.29. The summed E-state index contributed by atoms with van der Waals surface area (Å²) in [5.74, 6) is -0.110. The van der Waals surface area contributed by atoms with Crippen molar-refractivity contribution in [3.8, 4) is 0 Å². The van der Waals surface area contributed by atoms with Crippen LogP contribution in [0.3, 0.4) is 0 Å². The Morgan fingerprint density at radius 1 is 1.25 bits per heavy atom. The molecule has 1 amide bonds. The quantitative estimate of drug-likeness (QED) is 0.664. The van der Waals surface area contributed by atoms with E-state index in [-0.39, 0.29) is 17.6 Å². The molecule has 1 aliphatic rings. The van der Waals surface area contributed by atoms with Gasteiger partial charge in [0, 0.05) is 16.4 Å². The maximum atomic E-state index is 12.2. The number of benzene rings is 1. The molecule has 1 aliphatic heterocycles. The Kier molecular flexibility index (Phi) is 5.20. The molecule has 2 N–H and O–H groups in total. The summed E-state index contributed by atoms with van der Waals surface area (Å²) in [5.41, 5.74) is 6.06. The van der Waals surface area contributed by atoms with E-state index >= 15 is 0 Å².